The Balaban J connectivity index is 1.52. The van der Waals surface area contributed by atoms with Crippen molar-refractivity contribution in [3.8, 4) is 5.75 Å². The van der Waals surface area contributed by atoms with Gasteiger partial charge in [0, 0.05) is 0 Å². The van der Waals surface area contributed by atoms with Crippen LogP contribution in [0.1, 0.15) is 77.2 Å². The van der Waals surface area contributed by atoms with Crippen LogP contribution in [0, 0.1) is 5.92 Å². The van der Waals surface area contributed by atoms with E-state index in [4.69, 9.17) is 9.47 Å². The van der Waals surface area contributed by atoms with Crippen LogP contribution in [0.5, 0.6) is 5.75 Å². The van der Waals surface area contributed by atoms with E-state index in [9.17, 15) is 0 Å². The third kappa shape index (κ3) is 5.23. The molecule has 26 heavy (non-hydrogen) atoms. The van der Waals surface area contributed by atoms with Gasteiger partial charge in [-0.25, -0.2) is 0 Å². The lowest BCUT2D eigenvalue weighted by atomic mass is 9.87. The number of hydrogen-bond donors (Lipinski definition) is 0. The zero-order chi connectivity index (χ0) is 18.4. The molecule has 3 rings (SSSR count). The van der Waals surface area contributed by atoms with Gasteiger partial charge in [0.15, 0.2) is 6.29 Å². The lowest BCUT2D eigenvalue weighted by Crippen LogP contribution is -2.19. The molecular weight excluding hydrogens is 320 g/mol. The highest BCUT2D eigenvalue weighted by Gasteiger charge is 2.14. The summed E-state index contributed by atoms with van der Waals surface area (Å²) in [6.45, 7) is 7.32. The molecule has 2 atom stereocenters. The van der Waals surface area contributed by atoms with Gasteiger partial charge in [0.05, 0.1) is 6.61 Å². The Bertz CT molecular complexity index is 688. The molecule has 0 heterocycles. The van der Waals surface area contributed by atoms with Gasteiger partial charge < -0.3 is 9.47 Å². The first-order valence-corrected chi connectivity index (χ1v) is 10.5. The van der Waals surface area contributed by atoms with Crippen molar-refractivity contribution in [2.45, 2.75) is 77.9 Å². The molecule has 2 aromatic carbocycles. The molecule has 0 bridgehead atoms. The molecule has 1 aliphatic carbocycles. The van der Waals surface area contributed by atoms with Gasteiger partial charge in [0.25, 0.3) is 0 Å². The number of hydrogen-bond acceptors (Lipinski definition) is 2. The number of ether oxygens (including phenoxy) is 2. The largest absolute Gasteiger partial charge is 0.465 e. The Kier molecular flexibility index (Phi) is 6.96. The van der Waals surface area contributed by atoms with Gasteiger partial charge in [-0.05, 0) is 60.1 Å². The van der Waals surface area contributed by atoms with Crippen molar-refractivity contribution in [1.29, 1.82) is 0 Å². The maximum atomic E-state index is 5.99. The fourth-order valence-electron chi connectivity index (χ4n) is 3.96. The Morgan fingerprint density at radius 1 is 0.962 bits per heavy atom. The van der Waals surface area contributed by atoms with Gasteiger partial charge in [-0.1, -0.05) is 70.2 Å². The van der Waals surface area contributed by atoms with Gasteiger partial charge in [0.1, 0.15) is 5.75 Å². The van der Waals surface area contributed by atoms with Crippen molar-refractivity contribution >= 4 is 10.8 Å². The fourth-order valence-corrected chi connectivity index (χ4v) is 3.96. The quantitative estimate of drug-likeness (QED) is 0.472. The van der Waals surface area contributed by atoms with Crippen molar-refractivity contribution in [3.63, 3.8) is 0 Å². The van der Waals surface area contributed by atoms with Crippen LogP contribution in [0.2, 0.25) is 0 Å². The second kappa shape index (κ2) is 9.41. The van der Waals surface area contributed by atoms with Crippen molar-refractivity contribution in [3.05, 3.63) is 42.0 Å². The molecule has 0 radical (unpaired) electrons. The minimum atomic E-state index is -0.199. The molecule has 2 unspecified atom stereocenters. The predicted molar refractivity (Wildman–Crippen MR) is 110 cm³/mol. The first kappa shape index (κ1) is 19.2. The Hall–Kier alpha value is -1.54. The molecule has 1 aliphatic rings. The summed E-state index contributed by atoms with van der Waals surface area (Å²) >= 11 is 0. The maximum absolute atomic E-state index is 5.99. The summed E-state index contributed by atoms with van der Waals surface area (Å²) in [5, 5.41) is 2.50. The van der Waals surface area contributed by atoms with E-state index in [1.807, 2.05) is 6.92 Å². The minimum Gasteiger partial charge on any atom is -0.465 e. The second-order valence-corrected chi connectivity index (χ2v) is 7.93. The average molecular weight is 355 g/mol. The summed E-state index contributed by atoms with van der Waals surface area (Å²) < 4.78 is 11.9. The molecule has 2 heteroatoms. The first-order chi connectivity index (χ1) is 12.7. The fraction of sp³-hybridized carbons (Fsp3) is 0.583. The van der Waals surface area contributed by atoms with Gasteiger partial charge in [0.2, 0.25) is 0 Å². The standard InChI is InChI=1S/C24H34O2/c1-4-18(2)21-10-11-23-17-24(13-12-22(23)16-21)26-19(3)25-15-14-20-8-6-5-7-9-20/h10-13,16-20H,4-9,14-15H2,1-3H3. The van der Waals surface area contributed by atoms with Crippen molar-refractivity contribution in [2.75, 3.05) is 6.61 Å². The van der Waals surface area contributed by atoms with Crippen molar-refractivity contribution in [2.24, 2.45) is 5.92 Å². The Morgan fingerprint density at radius 3 is 2.46 bits per heavy atom. The van der Waals surface area contributed by atoms with Crippen molar-refractivity contribution < 1.29 is 9.47 Å². The van der Waals surface area contributed by atoms with E-state index in [1.165, 1.54) is 61.3 Å². The van der Waals surface area contributed by atoms with Crippen LogP contribution >= 0.6 is 0 Å². The summed E-state index contributed by atoms with van der Waals surface area (Å²) in [6.07, 6.45) is 9.10. The van der Waals surface area contributed by atoms with E-state index in [-0.39, 0.29) is 6.29 Å². The monoisotopic (exact) mass is 354 g/mol. The van der Waals surface area contributed by atoms with Gasteiger partial charge in [-0.2, -0.15) is 0 Å². The molecule has 1 fully saturated rings. The van der Waals surface area contributed by atoms with E-state index in [2.05, 4.69) is 50.2 Å². The van der Waals surface area contributed by atoms with Gasteiger partial charge in [-0.15, -0.1) is 0 Å². The number of rotatable bonds is 8. The molecule has 1 saturated carbocycles. The smallest absolute Gasteiger partial charge is 0.196 e. The predicted octanol–water partition coefficient (Wildman–Crippen LogP) is 7.07. The van der Waals surface area contributed by atoms with Crippen LogP contribution in [0.25, 0.3) is 10.8 Å². The number of benzene rings is 2. The second-order valence-electron chi connectivity index (χ2n) is 7.93. The maximum Gasteiger partial charge on any atom is 0.196 e. The van der Waals surface area contributed by atoms with Gasteiger partial charge in [-0.3, -0.25) is 0 Å². The third-order valence-corrected chi connectivity index (χ3v) is 5.92. The number of fused-ring (bicyclic) bond motifs is 1. The molecule has 2 aromatic rings. The van der Waals surface area contributed by atoms with Crippen LogP contribution in [0.3, 0.4) is 0 Å². The molecule has 0 amide bonds. The van der Waals surface area contributed by atoms with Crippen LogP contribution in [0.15, 0.2) is 36.4 Å². The van der Waals surface area contributed by atoms with Crippen LogP contribution in [-0.2, 0) is 4.74 Å². The van der Waals surface area contributed by atoms with Crippen LogP contribution in [0.4, 0.5) is 0 Å². The molecule has 142 valence electrons. The van der Waals surface area contributed by atoms with Gasteiger partial charge >= 0.3 is 0 Å². The van der Waals surface area contributed by atoms with E-state index in [0.29, 0.717) is 5.92 Å². The summed E-state index contributed by atoms with van der Waals surface area (Å²) in [5.74, 6) is 2.35. The Labute approximate surface area is 158 Å². The van der Waals surface area contributed by atoms with Crippen molar-refractivity contribution in [1.82, 2.24) is 0 Å². The molecule has 0 saturated heterocycles. The highest BCUT2D eigenvalue weighted by molar-refractivity contribution is 5.84. The molecule has 0 aliphatic heterocycles. The summed E-state index contributed by atoms with van der Waals surface area (Å²) in [4.78, 5) is 0. The zero-order valence-corrected chi connectivity index (χ0v) is 16.7. The lowest BCUT2D eigenvalue weighted by molar-refractivity contribution is -0.0710. The first-order valence-electron chi connectivity index (χ1n) is 10.5. The SMILES string of the molecule is CCC(C)c1ccc2cc(OC(C)OCCC3CCCCC3)ccc2c1. The highest BCUT2D eigenvalue weighted by Crippen LogP contribution is 2.28. The van der Waals surface area contributed by atoms with E-state index < -0.39 is 0 Å². The highest BCUT2D eigenvalue weighted by atomic mass is 16.7. The summed E-state index contributed by atoms with van der Waals surface area (Å²) in [5.41, 5.74) is 1.41. The van der Waals surface area contributed by atoms with E-state index in [0.717, 1.165) is 18.3 Å². The molecule has 0 N–H and O–H groups in total. The molecule has 0 spiro atoms. The van der Waals surface area contributed by atoms with Crippen LogP contribution in [-0.4, -0.2) is 12.9 Å². The summed E-state index contributed by atoms with van der Waals surface area (Å²) in [6, 6.07) is 13.1. The van der Waals surface area contributed by atoms with Crippen LogP contribution < -0.4 is 4.74 Å². The normalized spacial score (nSPS) is 18.0. The zero-order valence-electron chi connectivity index (χ0n) is 16.7. The van der Waals surface area contributed by atoms with E-state index in [1.54, 1.807) is 0 Å². The lowest BCUT2D eigenvalue weighted by Gasteiger charge is -2.22. The minimum absolute atomic E-state index is 0.199. The average Bonchev–Trinajstić information content (AvgIpc) is 2.67. The third-order valence-electron chi connectivity index (χ3n) is 5.92. The summed E-state index contributed by atoms with van der Waals surface area (Å²) in [7, 11) is 0. The molecular formula is C24H34O2. The molecule has 0 aromatic heterocycles. The van der Waals surface area contributed by atoms with E-state index >= 15 is 0 Å². The topological polar surface area (TPSA) is 18.5 Å². The molecule has 2 nitrogen and oxygen atoms in total. The Morgan fingerprint density at radius 2 is 1.69 bits per heavy atom.